The van der Waals surface area contributed by atoms with E-state index >= 15 is 0 Å². The quantitative estimate of drug-likeness (QED) is 0.886. The van der Waals surface area contributed by atoms with E-state index in [9.17, 15) is 4.79 Å². The highest BCUT2D eigenvalue weighted by atomic mass is 16.5. The smallest absolute Gasteiger partial charge is 0.294 e. The first-order chi connectivity index (χ1) is 8.56. The fourth-order valence-electron chi connectivity index (χ4n) is 1.95. The number of hydrogen-bond acceptors (Lipinski definition) is 3. The van der Waals surface area contributed by atoms with Gasteiger partial charge in [0.15, 0.2) is 0 Å². The van der Waals surface area contributed by atoms with E-state index < -0.39 is 0 Å². The predicted molar refractivity (Wildman–Crippen MR) is 70.9 cm³/mol. The lowest BCUT2D eigenvalue weighted by Crippen LogP contribution is -2.20. The highest BCUT2D eigenvalue weighted by molar-refractivity contribution is 5.45. The molecule has 0 unspecified atom stereocenters. The van der Waals surface area contributed by atoms with Crippen molar-refractivity contribution >= 4 is 5.69 Å². The molecule has 2 rings (SSSR count). The van der Waals surface area contributed by atoms with E-state index in [0.29, 0.717) is 12.3 Å². The number of nitrogens with zero attached hydrogens (tertiary/aromatic N) is 2. The van der Waals surface area contributed by atoms with Crippen LogP contribution in [0, 0.1) is 6.92 Å². The standard InChI is InChI=1S/C13H17N3O2/c1-9-4-6-10(7-5-9)16-13(17)12(14)11(8-18-3)15(16)2/h4-7H,8,14H2,1-3H3. The van der Waals surface area contributed by atoms with Crippen LogP contribution in [-0.2, 0) is 18.4 Å². The monoisotopic (exact) mass is 247 g/mol. The van der Waals surface area contributed by atoms with E-state index in [1.165, 1.54) is 0 Å². The van der Waals surface area contributed by atoms with E-state index in [4.69, 9.17) is 10.5 Å². The van der Waals surface area contributed by atoms with Crippen LogP contribution in [-0.4, -0.2) is 16.5 Å². The molecular weight excluding hydrogens is 230 g/mol. The summed E-state index contributed by atoms with van der Waals surface area (Å²) >= 11 is 0. The zero-order valence-corrected chi connectivity index (χ0v) is 10.8. The van der Waals surface area contributed by atoms with Crippen LogP contribution in [0.3, 0.4) is 0 Å². The van der Waals surface area contributed by atoms with Crippen LogP contribution in [0.1, 0.15) is 11.3 Å². The Hall–Kier alpha value is -2.01. The average molecular weight is 247 g/mol. The zero-order chi connectivity index (χ0) is 13.3. The van der Waals surface area contributed by atoms with Crippen molar-refractivity contribution in [2.75, 3.05) is 12.8 Å². The van der Waals surface area contributed by atoms with Gasteiger partial charge in [0.05, 0.1) is 18.0 Å². The number of nitrogen functional groups attached to an aromatic ring is 1. The third kappa shape index (κ3) is 1.93. The number of anilines is 1. The lowest BCUT2D eigenvalue weighted by atomic mass is 10.2. The Kier molecular flexibility index (Phi) is 3.25. The molecule has 18 heavy (non-hydrogen) atoms. The predicted octanol–water partition coefficient (Wildman–Crippen LogP) is 1.21. The fourth-order valence-corrected chi connectivity index (χ4v) is 1.95. The normalized spacial score (nSPS) is 10.8. The lowest BCUT2D eigenvalue weighted by molar-refractivity contribution is 0.177. The Bertz CT molecular complexity index is 608. The van der Waals surface area contributed by atoms with Gasteiger partial charge in [0.1, 0.15) is 5.69 Å². The second-order valence-corrected chi connectivity index (χ2v) is 4.27. The number of ether oxygens (including phenoxy) is 1. The second kappa shape index (κ2) is 4.70. The molecule has 1 aromatic carbocycles. The summed E-state index contributed by atoms with van der Waals surface area (Å²) in [7, 11) is 3.37. The van der Waals surface area contributed by atoms with E-state index in [1.807, 2.05) is 31.2 Å². The maximum atomic E-state index is 12.1. The van der Waals surface area contributed by atoms with Gasteiger partial charge in [0.25, 0.3) is 5.56 Å². The summed E-state index contributed by atoms with van der Waals surface area (Å²) in [5, 5.41) is 0. The molecule has 2 N–H and O–H groups in total. The number of aryl methyl sites for hydroxylation is 1. The average Bonchev–Trinajstić information content (AvgIpc) is 2.56. The number of nitrogens with two attached hydrogens (primary N) is 1. The minimum Gasteiger partial charge on any atom is -0.393 e. The maximum Gasteiger partial charge on any atom is 0.294 e. The molecule has 0 aliphatic carbocycles. The molecule has 0 aliphatic heterocycles. The molecule has 0 fully saturated rings. The fraction of sp³-hybridized carbons (Fsp3) is 0.308. The van der Waals surface area contributed by atoms with Gasteiger partial charge in [0.2, 0.25) is 0 Å². The van der Waals surface area contributed by atoms with Gasteiger partial charge in [-0.2, -0.15) is 0 Å². The molecule has 0 radical (unpaired) electrons. The molecule has 2 aromatic rings. The highest BCUT2D eigenvalue weighted by Gasteiger charge is 2.15. The van der Waals surface area contributed by atoms with Gasteiger partial charge in [-0.25, -0.2) is 4.68 Å². The van der Waals surface area contributed by atoms with E-state index in [1.54, 1.807) is 23.5 Å². The summed E-state index contributed by atoms with van der Waals surface area (Å²) < 4.78 is 8.33. The molecule has 1 heterocycles. The summed E-state index contributed by atoms with van der Waals surface area (Å²) in [5.41, 5.74) is 8.47. The van der Waals surface area contributed by atoms with Gasteiger partial charge in [-0.3, -0.25) is 9.48 Å². The van der Waals surface area contributed by atoms with Gasteiger partial charge in [0, 0.05) is 14.2 Å². The summed E-state index contributed by atoms with van der Waals surface area (Å²) in [5.74, 6) is 0. The van der Waals surface area contributed by atoms with Gasteiger partial charge < -0.3 is 10.5 Å². The number of methoxy groups -OCH3 is 1. The molecule has 0 saturated heterocycles. The summed E-state index contributed by atoms with van der Waals surface area (Å²) in [6.07, 6.45) is 0. The molecule has 0 spiro atoms. The SMILES string of the molecule is COCc1c(N)c(=O)n(-c2ccc(C)cc2)n1C. The number of hydrogen-bond donors (Lipinski definition) is 1. The Morgan fingerprint density at radius 3 is 2.44 bits per heavy atom. The van der Waals surface area contributed by atoms with Crippen molar-refractivity contribution in [2.24, 2.45) is 7.05 Å². The summed E-state index contributed by atoms with van der Waals surface area (Å²) in [6.45, 7) is 2.32. The molecule has 0 bridgehead atoms. The van der Waals surface area contributed by atoms with E-state index in [2.05, 4.69) is 0 Å². The third-order valence-electron chi connectivity index (χ3n) is 2.98. The van der Waals surface area contributed by atoms with Crippen LogP contribution in [0.25, 0.3) is 5.69 Å². The Morgan fingerprint density at radius 1 is 1.28 bits per heavy atom. The first-order valence-corrected chi connectivity index (χ1v) is 5.68. The van der Waals surface area contributed by atoms with Crippen LogP contribution in [0.5, 0.6) is 0 Å². The minimum atomic E-state index is -0.214. The molecule has 0 aliphatic rings. The largest absolute Gasteiger partial charge is 0.393 e. The van der Waals surface area contributed by atoms with E-state index in [0.717, 1.165) is 11.3 Å². The molecule has 0 atom stereocenters. The van der Waals surface area contributed by atoms with Crippen LogP contribution in [0.4, 0.5) is 5.69 Å². The third-order valence-corrected chi connectivity index (χ3v) is 2.98. The zero-order valence-electron chi connectivity index (χ0n) is 10.8. The summed E-state index contributed by atoms with van der Waals surface area (Å²) in [6, 6.07) is 7.71. The molecule has 0 saturated carbocycles. The van der Waals surface area contributed by atoms with Gasteiger partial charge in [-0.15, -0.1) is 0 Å². The van der Waals surface area contributed by atoms with Crippen molar-refractivity contribution in [3.8, 4) is 5.69 Å². The van der Waals surface area contributed by atoms with Crippen molar-refractivity contribution in [3.63, 3.8) is 0 Å². The Balaban J connectivity index is 2.61. The first kappa shape index (κ1) is 12.4. The first-order valence-electron chi connectivity index (χ1n) is 5.68. The highest BCUT2D eigenvalue weighted by Crippen LogP contribution is 2.13. The van der Waals surface area contributed by atoms with Crippen molar-refractivity contribution in [1.29, 1.82) is 0 Å². The van der Waals surface area contributed by atoms with Crippen LogP contribution in [0.2, 0.25) is 0 Å². The van der Waals surface area contributed by atoms with Gasteiger partial charge >= 0.3 is 0 Å². The van der Waals surface area contributed by atoms with E-state index in [-0.39, 0.29) is 11.2 Å². The number of benzene rings is 1. The molecule has 5 nitrogen and oxygen atoms in total. The molecule has 5 heteroatoms. The van der Waals surface area contributed by atoms with Crippen LogP contribution >= 0.6 is 0 Å². The molecule has 1 aromatic heterocycles. The second-order valence-electron chi connectivity index (χ2n) is 4.27. The molecular formula is C13H17N3O2. The lowest BCUT2D eigenvalue weighted by Gasteiger charge is -2.09. The molecule has 0 amide bonds. The minimum absolute atomic E-state index is 0.214. The summed E-state index contributed by atoms with van der Waals surface area (Å²) in [4.78, 5) is 12.1. The van der Waals surface area contributed by atoms with Crippen molar-refractivity contribution in [3.05, 3.63) is 45.9 Å². The van der Waals surface area contributed by atoms with Crippen LogP contribution in [0.15, 0.2) is 29.1 Å². The number of aromatic nitrogens is 2. The van der Waals surface area contributed by atoms with Crippen molar-refractivity contribution < 1.29 is 4.74 Å². The topological polar surface area (TPSA) is 62.2 Å². The maximum absolute atomic E-state index is 12.1. The van der Waals surface area contributed by atoms with Gasteiger partial charge in [-0.05, 0) is 19.1 Å². The number of rotatable bonds is 3. The van der Waals surface area contributed by atoms with Gasteiger partial charge in [-0.1, -0.05) is 17.7 Å². The Labute approximate surface area is 105 Å². The van der Waals surface area contributed by atoms with Crippen molar-refractivity contribution in [2.45, 2.75) is 13.5 Å². The Morgan fingerprint density at radius 2 is 1.89 bits per heavy atom. The van der Waals surface area contributed by atoms with Crippen LogP contribution < -0.4 is 11.3 Å². The molecule has 96 valence electrons. The van der Waals surface area contributed by atoms with Crippen molar-refractivity contribution in [1.82, 2.24) is 9.36 Å².